The zero-order valence-electron chi connectivity index (χ0n) is 7.63. The van der Waals surface area contributed by atoms with Crippen LogP contribution in [0.4, 0.5) is 0 Å². The van der Waals surface area contributed by atoms with Crippen LogP contribution in [0.2, 0.25) is 0 Å². The van der Waals surface area contributed by atoms with Gasteiger partial charge in [0.15, 0.2) is 5.78 Å². The quantitative estimate of drug-likeness (QED) is 0.686. The molecule has 1 aromatic rings. The molecule has 1 N–H and O–H groups in total. The van der Waals surface area contributed by atoms with Crippen LogP contribution in [0.15, 0.2) is 22.7 Å². The second-order valence-corrected chi connectivity index (χ2v) is 5.17. The highest BCUT2D eigenvalue weighted by atomic mass is 79.9. The zero-order valence-corrected chi connectivity index (χ0v) is 10.8. The summed E-state index contributed by atoms with van der Waals surface area (Å²) in [4.78, 5) is 11.4. The van der Waals surface area contributed by atoms with Crippen LogP contribution in [0.25, 0.3) is 0 Å². The van der Waals surface area contributed by atoms with Gasteiger partial charge < -0.3 is 5.11 Å². The number of carbonyl (C=O) groups is 1. The smallest absolute Gasteiger partial charge is 0.176 e. The molecule has 0 fully saturated rings. The molecule has 14 heavy (non-hydrogen) atoms. The molecule has 0 aliphatic rings. The van der Waals surface area contributed by atoms with Crippen LogP contribution in [0.5, 0.6) is 0 Å². The Morgan fingerprint density at radius 2 is 2.21 bits per heavy atom. The number of alkyl halides is 1. The van der Waals surface area contributed by atoms with Gasteiger partial charge in [0.2, 0.25) is 0 Å². The van der Waals surface area contributed by atoms with Gasteiger partial charge in [-0.1, -0.05) is 44.0 Å². The van der Waals surface area contributed by atoms with Gasteiger partial charge in [-0.3, -0.25) is 4.79 Å². The van der Waals surface area contributed by atoms with E-state index in [9.17, 15) is 4.79 Å². The molecule has 0 bridgehead atoms. The monoisotopic (exact) mass is 320 g/mol. The lowest BCUT2D eigenvalue weighted by Gasteiger charge is -2.05. The number of Topliss-reactive ketones (excluding diaryl/α,β-unsaturated/α-hetero) is 1. The number of carbonyl (C=O) groups excluding carboxylic acids is 1. The van der Waals surface area contributed by atoms with Crippen molar-refractivity contribution in [3.05, 3.63) is 33.8 Å². The molecule has 0 heterocycles. The number of benzene rings is 1. The Kier molecular flexibility index (Phi) is 4.29. The average Bonchev–Trinajstić information content (AvgIpc) is 2.16. The summed E-state index contributed by atoms with van der Waals surface area (Å²) in [7, 11) is 0. The van der Waals surface area contributed by atoms with Crippen molar-refractivity contribution in [3.8, 4) is 0 Å². The van der Waals surface area contributed by atoms with Crippen molar-refractivity contribution in [3.63, 3.8) is 0 Å². The van der Waals surface area contributed by atoms with Gasteiger partial charge in [0.05, 0.1) is 11.4 Å². The van der Waals surface area contributed by atoms with E-state index in [-0.39, 0.29) is 17.2 Å². The fraction of sp³-hybridized carbons (Fsp3) is 0.300. The van der Waals surface area contributed by atoms with Crippen LogP contribution in [-0.2, 0) is 6.61 Å². The van der Waals surface area contributed by atoms with E-state index < -0.39 is 0 Å². The van der Waals surface area contributed by atoms with Gasteiger partial charge in [-0.05, 0) is 18.6 Å². The summed E-state index contributed by atoms with van der Waals surface area (Å²) >= 11 is 6.52. The Morgan fingerprint density at radius 3 is 2.64 bits per heavy atom. The van der Waals surface area contributed by atoms with Gasteiger partial charge in [-0.25, -0.2) is 0 Å². The van der Waals surface area contributed by atoms with Gasteiger partial charge in [-0.15, -0.1) is 0 Å². The molecule has 0 aliphatic carbocycles. The van der Waals surface area contributed by atoms with Crippen molar-refractivity contribution >= 4 is 37.6 Å². The molecule has 0 saturated carbocycles. The van der Waals surface area contributed by atoms with Gasteiger partial charge >= 0.3 is 0 Å². The van der Waals surface area contributed by atoms with E-state index in [0.29, 0.717) is 5.56 Å². The standard InChI is InChI=1S/C10H10Br2O2/c1-6(11)10(14)7-2-3-8(5-13)9(12)4-7/h2-4,6,13H,5H2,1H3. The first-order valence-corrected chi connectivity index (χ1v) is 5.84. The summed E-state index contributed by atoms with van der Waals surface area (Å²) in [6, 6.07) is 5.19. The topological polar surface area (TPSA) is 37.3 Å². The first kappa shape index (κ1) is 11.9. The highest BCUT2D eigenvalue weighted by Crippen LogP contribution is 2.20. The number of aliphatic hydroxyl groups is 1. The number of hydrogen-bond donors (Lipinski definition) is 1. The molecule has 0 saturated heterocycles. The summed E-state index contributed by atoms with van der Waals surface area (Å²) in [6.07, 6.45) is 0. The molecule has 0 spiro atoms. The number of halogens is 2. The molecule has 0 aromatic heterocycles. The van der Waals surface area contributed by atoms with Crippen LogP contribution in [0.3, 0.4) is 0 Å². The van der Waals surface area contributed by atoms with Crippen molar-refractivity contribution in [2.24, 2.45) is 0 Å². The van der Waals surface area contributed by atoms with Gasteiger partial charge in [0.1, 0.15) is 0 Å². The molecule has 1 rings (SSSR count). The Labute approximate surface area is 99.6 Å². The lowest BCUT2D eigenvalue weighted by atomic mass is 10.1. The number of aliphatic hydroxyl groups excluding tert-OH is 1. The van der Waals surface area contributed by atoms with E-state index in [2.05, 4.69) is 31.9 Å². The molecule has 4 heteroatoms. The third-order valence-corrected chi connectivity index (χ3v) is 3.02. The molecule has 0 aliphatic heterocycles. The summed E-state index contributed by atoms with van der Waals surface area (Å²) < 4.78 is 0.763. The lowest BCUT2D eigenvalue weighted by molar-refractivity contribution is 0.0995. The Hall–Kier alpha value is -0.190. The van der Waals surface area contributed by atoms with E-state index in [4.69, 9.17) is 5.11 Å². The van der Waals surface area contributed by atoms with Crippen molar-refractivity contribution in [2.75, 3.05) is 0 Å². The minimum Gasteiger partial charge on any atom is -0.392 e. The SMILES string of the molecule is CC(Br)C(=O)c1ccc(CO)c(Br)c1. The van der Waals surface area contributed by atoms with Crippen molar-refractivity contribution in [1.29, 1.82) is 0 Å². The predicted molar refractivity (Wildman–Crippen MR) is 62.8 cm³/mol. The highest BCUT2D eigenvalue weighted by molar-refractivity contribution is 9.10. The molecular weight excluding hydrogens is 312 g/mol. The van der Waals surface area contributed by atoms with Crippen molar-refractivity contribution in [1.82, 2.24) is 0 Å². The predicted octanol–water partition coefficient (Wildman–Crippen LogP) is 2.91. The second-order valence-electron chi connectivity index (χ2n) is 2.94. The first-order valence-electron chi connectivity index (χ1n) is 4.14. The molecule has 1 unspecified atom stereocenters. The molecule has 76 valence electrons. The zero-order chi connectivity index (χ0) is 10.7. The third-order valence-electron chi connectivity index (χ3n) is 1.87. The number of ketones is 1. The van der Waals surface area contributed by atoms with E-state index in [0.717, 1.165) is 10.0 Å². The molecule has 2 nitrogen and oxygen atoms in total. The van der Waals surface area contributed by atoms with E-state index in [1.165, 1.54) is 0 Å². The van der Waals surface area contributed by atoms with Crippen LogP contribution in [-0.4, -0.2) is 15.7 Å². The summed E-state index contributed by atoms with van der Waals surface area (Å²) in [5, 5.41) is 8.93. The van der Waals surface area contributed by atoms with Crippen LogP contribution < -0.4 is 0 Å². The van der Waals surface area contributed by atoms with Crippen LogP contribution in [0, 0.1) is 0 Å². The van der Waals surface area contributed by atoms with Gasteiger partial charge in [0, 0.05) is 10.0 Å². The Balaban J connectivity index is 3.03. The number of rotatable bonds is 3. The van der Waals surface area contributed by atoms with Crippen molar-refractivity contribution in [2.45, 2.75) is 18.4 Å². The van der Waals surface area contributed by atoms with E-state index in [1.807, 2.05) is 0 Å². The largest absolute Gasteiger partial charge is 0.392 e. The van der Waals surface area contributed by atoms with Gasteiger partial charge in [-0.2, -0.15) is 0 Å². The third kappa shape index (κ3) is 2.65. The van der Waals surface area contributed by atoms with Crippen molar-refractivity contribution < 1.29 is 9.90 Å². The summed E-state index contributed by atoms with van der Waals surface area (Å²) in [6.45, 7) is 1.76. The molecule has 1 atom stereocenters. The highest BCUT2D eigenvalue weighted by Gasteiger charge is 2.12. The molecule has 0 radical (unpaired) electrons. The first-order chi connectivity index (χ1) is 6.56. The maximum absolute atomic E-state index is 11.6. The second kappa shape index (κ2) is 5.05. The van der Waals surface area contributed by atoms with E-state index >= 15 is 0 Å². The van der Waals surface area contributed by atoms with Gasteiger partial charge in [0.25, 0.3) is 0 Å². The number of hydrogen-bond acceptors (Lipinski definition) is 2. The van der Waals surface area contributed by atoms with Crippen LogP contribution >= 0.6 is 31.9 Å². The minimum atomic E-state index is -0.186. The normalized spacial score (nSPS) is 12.6. The fourth-order valence-electron chi connectivity index (χ4n) is 1.06. The molecule has 0 amide bonds. The molecular formula is C10H10Br2O2. The average molecular weight is 322 g/mol. The van der Waals surface area contributed by atoms with E-state index in [1.54, 1.807) is 25.1 Å². The van der Waals surface area contributed by atoms with Crippen LogP contribution in [0.1, 0.15) is 22.8 Å². The minimum absolute atomic E-state index is 0.0288. The summed E-state index contributed by atoms with van der Waals surface area (Å²) in [5.74, 6) is 0.0372. The Bertz CT molecular complexity index is 348. The maximum Gasteiger partial charge on any atom is 0.176 e. The maximum atomic E-state index is 11.6. The molecule has 1 aromatic carbocycles. The Morgan fingerprint density at radius 1 is 1.57 bits per heavy atom. The lowest BCUT2D eigenvalue weighted by Crippen LogP contribution is -2.10. The fourth-order valence-corrected chi connectivity index (χ4v) is 1.83. The summed E-state index contributed by atoms with van der Waals surface area (Å²) in [5.41, 5.74) is 1.42.